The van der Waals surface area contributed by atoms with E-state index in [-0.39, 0.29) is 77.0 Å². The van der Waals surface area contributed by atoms with Crippen LogP contribution in [0.3, 0.4) is 0 Å². The van der Waals surface area contributed by atoms with Crippen LogP contribution in [-0.4, -0.2) is 109 Å². The molecule has 3 aliphatic rings. The number of carbonyl (C=O) groups excluding carboxylic acids is 2. The minimum atomic E-state index is -1.50. The van der Waals surface area contributed by atoms with Gasteiger partial charge in [0.15, 0.2) is 0 Å². The highest BCUT2D eigenvalue weighted by atomic mass is 16.7. The van der Waals surface area contributed by atoms with Crippen molar-refractivity contribution >= 4 is 18.1 Å². The number of aliphatic hydroxyl groups excluding tert-OH is 3. The molecule has 1 saturated carbocycles. The number of oxime groups is 1. The van der Waals surface area contributed by atoms with Crippen LogP contribution in [0, 0.1) is 17.8 Å². The van der Waals surface area contributed by atoms with E-state index in [2.05, 4.69) is 19.2 Å². The second-order valence-corrected chi connectivity index (χ2v) is 16.5. The summed E-state index contributed by atoms with van der Waals surface area (Å²) in [5.74, 6) is -0.687. The van der Waals surface area contributed by atoms with E-state index in [9.17, 15) is 24.9 Å². The molecule has 0 spiro atoms. The number of aldehydes is 1. The average molecular weight is 833 g/mol. The maximum absolute atomic E-state index is 14.4. The Morgan fingerprint density at radius 2 is 1.73 bits per heavy atom. The van der Waals surface area contributed by atoms with Crippen LogP contribution in [-0.2, 0) is 19.0 Å². The Hall–Kier alpha value is -4.53. The van der Waals surface area contributed by atoms with Crippen molar-refractivity contribution in [3.8, 4) is 17.2 Å². The van der Waals surface area contributed by atoms with Crippen molar-refractivity contribution in [3.05, 3.63) is 90.6 Å². The first kappa shape index (κ1) is 46.5. The maximum Gasteiger partial charge on any atom is 0.410 e. The lowest BCUT2D eigenvalue weighted by Crippen LogP contribution is -2.70. The van der Waals surface area contributed by atoms with E-state index in [0.29, 0.717) is 47.8 Å². The highest BCUT2D eigenvalue weighted by molar-refractivity contribution is 6.03. The van der Waals surface area contributed by atoms with E-state index in [1.165, 1.54) is 0 Å². The molecule has 6 unspecified atom stereocenters. The van der Waals surface area contributed by atoms with Gasteiger partial charge in [0.1, 0.15) is 35.2 Å². The van der Waals surface area contributed by atoms with E-state index >= 15 is 0 Å². The van der Waals surface area contributed by atoms with Gasteiger partial charge in [-0.1, -0.05) is 48.4 Å². The van der Waals surface area contributed by atoms with Gasteiger partial charge in [-0.15, -0.1) is 13.2 Å². The average Bonchev–Trinajstić information content (AvgIpc) is 3.23. The Bertz CT molecular complexity index is 1810. The number of fused-ring (bicyclic) bond motifs is 2. The van der Waals surface area contributed by atoms with Crippen LogP contribution in [0.1, 0.15) is 94.0 Å². The summed E-state index contributed by atoms with van der Waals surface area (Å²) < 4.78 is 32.3. The van der Waals surface area contributed by atoms with Crippen molar-refractivity contribution in [1.29, 1.82) is 0 Å². The lowest BCUT2D eigenvalue weighted by Gasteiger charge is -2.59. The van der Waals surface area contributed by atoms with Crippen molar-refractivity contribution < 1.29 is 53.4 Å². The maximum atomic E-state index is 14.4. The minimum Gasteiger partial charge on any atom is -0.459 e. The standard InChI is InChI=1S/C47H64N2O11/c1-6-8-25-56-45(54)49(20-26-55-27-23-52)42-31-40(48-60-46(3,4)5)38-29-34(15-9-11-21-50)37(17-10-12-22-51)43-39-30-36(58-35-16-13-14-33(28-35)32-53)18-19-41(39)59-47(42,44(38)43)57-24-7-2/h6-7,13-14,16,18-19,28-30,32,34,37,42-44,50-52H,1-2,8-12,15,17,20-27,31H2,3-5H3. The predicted octanol–water partition coefficient (Wildman–Crippen LogP) is 7.75. The van der Waals surface area contributed by atoms with Gasteiger partial charge < -0.3 is 43.8 Å². The Labute approximate surface area is 354 Å². The number of hydrogen-bond donors (Lipinski definition) is 3. The van der Waals surface area contributed by atoms with Crippen LogP contribution >= 0.6 is 0 Å². The molecule has 328 valence electrons. The molecule has 2 aliphatic carbocycles. The molecule has 6 atom stereocenters. The fourth-order valence-corrected chi connectivity index (χ4v) is 8.71. The Balaban J connectivity index is 1.78. The monoisotopic (exact) mass is 832 g/mol. The second-order valence-electron chi connectivity index (χ2n) is 16.5. The van der Waals surface area contributed by atoms with E-state index in [0.717, 1.165) is 43.1 Å². The lowest BCUT2D eigenvalue weighted by molar-refractivity contribution is -0.256. The number of allylic oxidation sites excluding steroid dienone is 1. The zero-order valence-corrected chi connectivity index (χ0v) is 35.5. The number of nitrogens with zero attached hydrogens (tertiary/aromatic N) is 2. The fourth-order valence-electron chi connectivity index (χ4n) is 8.71. The highest BCUT2D eigenvalue weighted by Gasteiger charge is 2.65. The smallest absolute Gasteiger partial charge is 0.410 e. The third-order valence-electron chi connectivity index (χ3n) is 11.2. The minimum absolute atomic E-state index is 0.00333. The topological polar surface area (TPSA) is 166 Å². The van der Waals surface area contributed by atoms with E-state index in [4.69, 9.17) is 33.7 Å². The van der Waals surface area contributed by atoms with Crippen LogP contribution in [0.2, 0.25) is 0 Å². The second kappa shape index (κ2) is 22.4. The fraction of sp³-hybridized carbons (Fsp3) is 0.553. The number of ether oxygens (including phenoxy) is 5. The Kier molecular flexibility index (Phi) is 17.3. The quantitative estimate of drug-likeness (QED) is 0.0410. The molecule has 0 bridgehead atoms. The molecule has 60 heavy (non-hydrogen) atoms. The molecule has 0 radical (unpaired) electrons. The summed E-state index contributed by atoms with van der Waals surface area (Å²) in [5.41, 5.74) is 2.28. The number of hydrogen-bond acceptors (Lipinski definition) is 12. The van der Waals surface area contributed by atoms with Crippen LogP contribution in [0.4, 0.5) is 4.79 Å². The van der Waals surface area contributed by atoms with E-state index in [1.54, 1.807) is 41.3 Å². The summed E-state index contributed by atoms with van der Waals surface area (Å²) in [6.45, 7) is 14.0. The summed E-state index contributed by atoms with van der Waals surface area (Å²) in [4.78, 5) is 33.8. The molecule has 1 heterocycles. The SMILES string of the molecule is C=CCCOC(=O)N(CCOCCO)C1CC(=NOC(C)(C)C)C2=CC(CCCCO)C(CCCCO)C3c4cc(Oc5cccc(C=O)c5)ccc4OC1(OCC=C)C23. The summed E-state index contributed by atoms with van der Waals surface area (Å²) in [7, 11) is 0. The van der Waals surface area contributed by atoms with Gasteiger partial charge in [0.2, 0.25) is 5.79 Å². The molecule has 13 heteroatoms. The molecule has 1 aliphatic heterocycles. The summed E-state index contributed by atoms with van der Waals surface area (Å²) in [6.07, 6.45) is 10.8. The molecule has 2 aromatic carbocycles. The van der Waals surface area contributed by atoms with Crippen LogP contribution in [0.15, 0.2) is 84.6 Å². The summed E-state index contributed by atoms with van der Waals surface area (Å²) in [5, 5.41) is 34.2. The first-order chi connectivity index (χ1) is 29.0. The molecule has 0 aromatic heterocycles. The molecule has 13 nitrogen and oxygen atoms in total. The molecule has 2 aromatic rings. The van der Waals surface area contributed by atoms with Crippen LogP contribution in [0.25, 0.3) is 0 Å². The molecule has 0 saturated heterocycles. The van der Waals surface area contributed by atoms with Gasteiger partial charge in [-0.3, -0.25) is 9.69 Å². The lowest BCUT2D eigenvalue weighted by atomic mass is 9.55. The molecular formula is C47H64N2O11. The van der Waals surface area contributed by atoms with Gasteiger partial charge in [-0.2, -0.15) is 0 Å². The molecule has 1 amide bonds. The van der Waals surface area contributed by atoms with Gasteiger partial charge in [0.05, 0.1) is 44.7 Å². The first-order valence-electron chi connectivity index (χ1n) is 21.3. The summed E-state index contributed by atoms with van der Waals surface area (Å²) in [6, 6.07) is 11.8. The van der Waals surface area contributed by atoms with Gasteiger partial charge in [-0.05, 0) is 101 Å². The largest absolute Gasteiger partial charge is 0.459 e. The third-order valence-corrected chi connectivity index (χ3v) is 11.2. The van der Waals surface area contributed by atoms with Crippen molar-refractivity contribution in [3.63, 3.8) is 0 Å². The zero-order valence-electron chi connectivity index (χ0n) is 35.5. The van der Waals surface area contributed by atoms with Gasteiger partial charge in [-0.25, -0.2) is 4.79 Å². The van der Waals surface area contributed by atoms with Gasteiger partial charge in [0, 0.05) is 43.2 Å². The molecule has 1 fully saturated rings. The number of amides is 1. The van der Waals surface area contributed by atoms with Crippen molar-refractivity contribution in [2.75, 3.05) is 52.8 Å². The number of rotatable bonds is 24. The van der Waals surface area contributed by atoms with Gasteiger partial charge >= 0.3 is 6.09 Å². The van der Waals surface area contributed by atoms with Crippen molar-refractivity contribution in [1.82, 2.24) is 4.90 Å². The number of aliphatic hydroxyl groups is 3. The third kappa shape index (κ3) is 11.4. The number of unbranched alkanes of at least 4 members (excludes halogenated alkanes) is 2. The van der Waals surface area contributed by atoms with Crippen molar-refractivity contribution in [2.24, 2.45) is 22.9 Å². The van der Waals surface area contributed by atoms with Gasteiger partial charge in [0.25, 0.3) is 0 Å². The normalized spacial score (nSPS) is 23.7. The van der Waals surface area contributed by atoms with Crippen molar-refractivity contribution in [2.45, 2.75) is 95.5 Å². The molecule has 5 rings (SSSR count). The molecular weight excluding hydrogens is 769 g/mol. The summed E-state index contributed by atoms with van der Waals surface area (Å²) >= 11 is 0. The number of carbonyl (C=O) groups is 2. The van der Waals surface area contributed by atoms with Crippen LogP contribution < -0.4 is 9.47 Å². The van der Waals surface area contributed by atoms with E-state index < -0.39 is 29.4 Å². The first-order valence-corrected chi connectivity index (χ1v) is 21.3. The highest BCUT2D eigenvalue weighted by Crippen LogP contribution is 2.62. The zero-order chi connectivity index (χ0) is 43.1. The Morgan fingerprint density at radius 3 is 2.43 bits per heavy atom. The Morgan fingerprint density at radius 1 is 0.967 bits per heavy atom. The van der Waals surface area contributed by atoms with E-state index in [1.807, 2.05) is 39.0 Å². The van der Waals surface area contributed by atoms with Crippen LogP contribution in [0.5, 0.6) is 17.2 Å². The number of benzene rings is 2. The predicted molar refractivity (Wildman–Crippen MR) is 228 cm³/mol. The molecule has 3 N–H and O–H groups in total.